The lowest BCUT2D eigenvalue weighted by Gasteiger charge is -2.13. The SMILES string of the molecule is Cc1nc(C=CC(=O)NC2COCC2C(=O)O)cs1. The maximum atomic E-state index is 11.7. The molecule has 1 aromatic rings. The van der Waals surface area contributed by atoms with E-state index >= 15 is 0 Å². The number of nitrogens with one attached hydrogen (secondary N) is 1. The molecule has 7 heteroatoms. The van der Waals surface area contributed by atoms with E-state index in [-0.39, 0.29) is 19.1 Å². The summed E-state index contributed by atoms with van der Waals surface area (Å²) >= 11 is 1.50. The Hall–Kier alpha value is -1.73. The van der Waals surface area contributed by atoms with E-state index in [4.69, 9.17) is 9.84 Å². The molecular formula is C12H14N2O4S. The Kier molecular flexibility index (Phi) is 4.28. The predicted octanol–water partition coefficient (Wildman–Crippen LogP) is 0.681. The van der Waals surface area contributed by atoms with E-state index in [2.05, 4.69) is 10.3 Å². The Bertz CT molecular complexity index is 512. The number of aryl methyl sites for hydroxylation is 1. The van der Waals surface area contributed by atoms with Gasteiger partial charge in [0.15, 0.2) is 0 Å². The molecule has 0 saturated carbocycles. The molecule has 1 aliphatic heterocycles. The second-order valence-electron chi connectivity index (χ2n) is 4.22. The molecule has 1 aromatic heterocycles. The van der Waals surface area contributed by atoms with Crippen LogP contribution in [0.1, 0.15) is 10.7 Å². The Morgan fingerprint density at radius 1 is 1.58 bits per heavy atom. The second kappa shape index (κ2) is 5.94. The van der Waals surface area contributed by atoms with Gasteiger partial charge in [-0.05, 0) is 13.0 Å². The van der Waals surface area contributed by atoms with E-state index in [0.717, 1.165) is 10.7 Å². The number of carbonyl (C=O) groups excluding carboxylic acids is 1. The summed E-state index contributed by atoms with van der Waals surface area (Å²) in [5.74, 6) is -1.98. The van der Waals surface area contributed by atoms with Crippen LogP contribution in [0, 0.1) is 12.8 Å². The third kappa shape index (κ3) is 3.62. The molecule has 0 bridgehead atoms. The van der Waals surface area contributed by atoms with Crippen molar-refractivity contribution in [2.75, 3.05) is 13.2 Å². The molecule has 0 spiro atoms. The van der Waals surface area contributed by atoms with Crippen molar-refractivity contribution in [3.8, 4) is 0 Å². The number of rotatable bonds is 4. The average Bonchev–Trinajstić information content (AvgIpc) is 2.95. The Labute approximate surface area is 114 Å². The molecule has 1 amide bonds. The van der Waals surface area contributed by atoms with Crippen LogP contribution < -0.4 is 5.32 Å². The van der Waals surface area contributed by atoms with E-state index in [0.29, 0.717) is 0 Å². The van der Waals surface area contributed by atoms with Gasteiger partial charge < -0.3 is 15.2 Å². The summed E-state index contributed by atoms with van der Waals surface area (Å²) in [7, 11) is 0. The molecule has 2 rings (SSSR count). The number of aromatic nitrogens is 1. The molecule has 0 aliphatic carbocycles. The van der Waals surface area contributed by atoms with Gasteiger partial charge in [-0.1, -0.05) is 0 Å². The van der Waals surface area contributed by atoms with Gasteiger partial charge in [0.1, 0.15) is 5.92 Å². The molecule has 2 N–H and O–H groups in total. The Morgan fingerprint density at radius 3 is 3.00 bits per heavy atom. The maximum absolute atomic E-state index is 11.7. The van der Waals surface area contributed by atoms with Crippen molar-refractivity contribution in [3.63, 3.8) is 0 Å². The quantitative estimate of drug-likeness (QED) is 0.793. The summed E-state index contributed by atoms with van der Waals surface area (Å²) in [4.78, 5) is 26.8. The van der Waals surface area contributed by atoms with Crippen molar-refractivity contribution in [2.45, 2.75) is 13.0 Å². The largest absolute Gasteiger partial charge is 0.481 e. The van der Waals surface area contributed by atoms with Gasteiger partial charge >= 0.3 is 5.97 Å². The molecule has 102 valence electrons. The Morgan fingerprint density at radius 2 is 2.37 bits per heavy atom. The molecule has 2 atom stereocenters. The van der Waals surface area contributed by atoms with Crippen molar-refractivity contribution >= 4 is 29.3 Å². The molecule has 0 radical (unpaired) electrons. The molecule has 1 aliphatic rings. The molecule has 2 heterocycles. The Balaban J connectivity index is 1.90. The van der Waals surface area contributed by atoms with Crippen molar-refractivity contribution in [1.82, 2.24) is 10.3 Å². The molecular weight excluding hydrogens is 268 g/mol. The van der Waals surface area contributed by atoms with E-state index in [1.54, 1.807) is 6.08 Å². The number of carboxylic acid groups (broad SMARTS) is 1. The van der Waals surface area contributed by atoms with Gasteiger partial charge in [0.05, 0.1) is 30.0 Å². The normalized spacial score (nSPS) is 22.8. The van der Waals surface area contributed by atoms with Gasteiger partial charge in [-0.15, -0.1) is 11.3 Å². The first-order valence-corrected chi connectivity index (χ1v) is 6.65. The fraction of sp³-hybridized carbons (Fsp3) is 0.417. The number of hydrogen-bond acceptors (Lipinski definition) is 5. The molecule has 0 aromatic carbocycles. The highest BCUT2D eigenvalue weighted by Crippen LogP contribution is 2.14. The van der Waals surface area contributed by atoms with Crippen LogP contribution in [0.25, 0.3) is 6.08 Å². The van der Waals surface area contributed by atoms with Crippen LogP contribution in [0.15, 0.2) is 11.5 Å². The molecule has 1 fully saturated rings. The van der Waals surface area contributed by atoms with Crippen LogP contribution in [0.5, 0.6) is 0 Å². The highest BCUT2D eigenvalue weighted by Gasteiger charge is 2.34. The van der Waals surface area contributed by atoms with Crippen molar-refractivity contribution in [1.29, 1.82) is 0 Å². The van der Waals surface area contributed by atoms with Gasteiger partial charge in [-0.3, -0.25) is 9.59 Å². The van der Waals surface area contributed by atoms with Crippen LogP contribution in [-0.4, -0.2) is 41.2 Å². The average molecular weight is 282 g/mol. The van der Waals surface area contributed by atoms with Crippen LogP contribution in [0.2, 0.25) is 0 Å². The lowest BCUT2D eigenvalue weighted by atomic mass is 10.0. The summed E-state index contributed by atoms with van der Waals surface area (Å²) in [6.07, 6.45) is 2.95. The van der Waals surface area contributed by atoms with Gasteiger partial charge in [0.2, 0.25) is 5.91 Å². The standard InChI is InChI=1S/C12H14N2O4S/c1-7-13-8(6-19-7)2-3-11(15)14-10-5-18-4-9(10)12(16)17/h2-3,6,9-10H,4-5H2,1H3,(H,14,15)(H,16,17). The first kappa shape index (κ1) is 13.7. The number of aliphatic carboxylic acids is 1. The molecule has 19 heavy (non-hydrogen) atoms. The maximum Gasteiger partial charge on any atom is 0.311 e. The van der Waals surface area contributed by atoms with Crippen LogP contribution in [0.3, 0.4) is 0 Å². The summed E-state index contributed by atoms with van der Waals surface area (Å²) < 4.78 is 5.07. The fourth-order valence-corrected chi connectivity index (χ4v) is 2.37. The zero-order chi connectivity index (χ0) is 13.8. The number of thiazole rings is 1. The monoisotopic (exact) mass is 282 g/mol. The van der Waals surface area contributed by atoms with Crippen LogP contribution >= 0.6 is 11.3 Å². The van der Waals surface area contributed by atoms with Gasteiger partial charge in [0, 0.05) is 11.5 Å². The second-order valence-corrected chi connectivity index (χ2v) is 5.28. The highest BCUT2D eigenvalue weighted by atomic mass is 32.1. The minimum Gasteiger partial charge on any atom is -0.481 e. The van der Waals surface area contributed by atoms with Crippen molar-refractivity contribution < 1.29 is 19.4 Å². The molecule has 6 nitrogen and oxygen atoms in total. The topological polar surface area (TPSA) is 88.5 Å². The summed E-state index contributed by atoms with van der Waals surface area (Å²) in [5, 5.41) is 14.4. The van der Waals surface area contributed by atoms with Crippen LogP contribution in [-0.2, 0) is 14.3 Å². The van der Waals surface area contributed by atoms with E-state index in [1.807, 2.05) is 12.3 Å². The highest BCUT2D eigenvalue weighted by molar-refractivity contribution is 7.09. The lowest BCUT2D eigenvalue weighted by molar-refractivity contribution is -0.142. The number of amides is 1. The van der Waals surface area contributed by atoms with Gasteiger partial charge in [-0.2, -0.15) is 0 Å². The minimum atomic E-state index is -0.957. The summed E-state index contributed by atoms with van der Waals surface area (Å²) in [6.45, 7) is 2.25. The number of ether oxygens (including phenoxy) is 1. The first-order valence-electron chi connectivity index (χ1n) is 5.77. The van der Waals surface area contributed by atoms with Crippen molar-refractivity contribution in [2.24, 2.45) is 5.92 Å². The number of carbonyl (C=O) groups is 2. The third-order valence-corrected chi connectivity index (χ3v) is 3.56. The van der Waals surface area contributed by atoms with Gasteiger partial charge in [0.25, 0.3) is 0 Å². The summed E-state index contributed by atoms with van der Waals surface area (Å²) in [6, 6.07) is -0.480. The number of carboxylic acids is 1. The van der Waals surface area contributed by atoms with Crippen LogP contribution in [0.4, 0.5) is 0 Å². The third-order valence-electron chi connectivity index (χ3n) is 2.77. The predicted molar refractivity (Wildman–Crippen MR) is 69.8 cm³/mol. The molecule has 1 saturated heterocycles. The minimum absolute atomic E-state index is 0.134. The van der Waals surface area contributed by atoms with Gasteiger partial charge in [-0.25, -0.2) is 4.98 Å². The first-order chi connectivity index (χ1) is 9.06. The zero-order valence-electron chi connectivity index (χ0n) is 10.3. The summed E-state index contributed by atoms with van der Waals surface area (Å²) in [5.41, 5.74) is 0.718. The zero-order valence-corrected chi connectivity index (χ0v) is 11.1. The fourth-order valence-electron chi connectivity index (χ4n) is 1.79. The molecule has 2 unspecified atom stereocenters. The van der Waals surface area contributed by atoms with E-state index in [9.17, 15) is 9.59 Å². The number of hydrogen-bond donors (Lipinski definition) is 2. The van der Waals surface area contributed by atoms with E-state index < -0.39 is 17.9 Å². The van der Waals surface area contributed by atoms with Crippen molar-refractivity contribution in [3.05, 3.63) is 22.2 Å². The number of nitrogens with zero attached hydrogens (tertiary/aromatic N) is 1. The smallest absolute Gasteiger partial charge is 0.311 e. The lowest BCUT2D eigenvalue weighted by Crippen LogP contribution is -2.41. The van der Waals surface area contributed by atoms with E-state index in [1.165, 1.54) is 17.4 Å².